The molecule has 0 bridgehead atoms. The highest BCUT2D eigenvalue weighted by Gasteiger charge is 2.52. The van der Waals surface area contributed by atoms with Crippen LogP contribution in [0, 0.1) is 0 Å². The minimum absolute atomic E-state index is 0.0803. The fourth-order valence-corrected chi connectivity index (χ4v) is 2.10. The normalized spacial score (nSPS) is 36.6. The number of hydrogen-bond donors (Lipinski definition) is 7. The monoisotopic (exact) mass is 325 g/mol. The molecule has 10 nitrogen and oxygen atoms in total. The van der Waals surface area contributed by atoms with Crippen LogP contribution in [0.25, 0.3) is 0 Å². The van der Waals surface area contributed by atoms with Gasteiger partial charge in [0.15, 0.2) is 0 Å². The molecular formula is C12H23NO9. The van der Waals surface area contributed by atoms with Crippen molar-refractivity contribution in [2.45, 2.75) is 55.7 Å². The summed E-state index contributed by atoms with van der Waals surface area (Å²) >= 11 is 0. The van der Waals surface area contributed by atoms with Crippen LogP contribution < -0.4 is 5.73 Å². The summed E-state index contributed by atoms with van der Waals surface area (Å²) in [6.07, 6.45) is -7.61. The van der Waals surface area contributed by atoms with Gasteiger partial charge < -0.3 is 45.8 Å². The van der Waals surface area contributed by atoms with Crippen LogP contribution in [0.1, 0.15) is 13.3 Å². The molecule has 4 unspecified atom stereocenters. The molecule has 7 atom stereocenters. The van der Waals surface area contributed by atoms with Gasteiger partial charge in [-0.1, -0.05) is 0 Å². The van der Waals surface area contributed by atoms with Crippen LogP contribution in [0.2, 0.25) is 0 Å². The molecule has 1 aliphatic heterocycles. The second-order valence-corrected chi connectivity index (χ2v) is 5.47. The molecule has 22 heavy (non-hydrogen) atoms. The lowest BCUT2D eigenvalue weighted by Crippen LogP contribution is -2.65. The number of hydrogen-bond acceptors (Lipinski definition) is 9. The zero-order valence-electron chi connectivity index (χ0n) is 12.1. The number of ether oxygens (including phenoxy) is 2. The molecule has 0 aliphatic carbocycles. The summed E-state index contributed by atoms with van der Waals surface area (Å²) < 4.78 is 9.82. The van der Waals surface area contributed by atoms with Crippen molar-refractivity contribution in [1.82, 2.24) is 0 Å². The maximum Gasteiger partial charge on any atom is 0.364 e. The van der Waals surface area contributed by atoms with Crippen molar-refractivity contribution >= 4 is 5.97 Å². The van der Waals surface area contributed by atoms with Crippen LogP contribution in [-0.4, -0.2) is 92.2 Å². The van der Waals surface area contributed by atoms with Gasteiger partial charge in [0.2, 0.25) is 0 Å². The Balaban J connectivity index is 2.72. The number of nitrogens with two attached hydrogens (primary N) is 1. The number of carboxylic acids is 1. The predicted octanol–water partition coefficient (Wildman–Crippen LogP) is -3.64. The first-order valence-electron chi connectivity index (χ1n) is 6.77. The van der Waals surface area contributed by atoms with E-state index >= 15 is 0 Å². The molecule has 1 rings (SSSR count). The van der Waals surface area contributed by atoms with Gasteiger partial charge in [-0.15, -0.1) is 0 Å². The zero-order chi connectivity index (χ0) is 17.1. The predicted molar refractivity (Wildman–Crippen MR) is 70.6 cm³/mol. The van der Waals surface area contributed by atoms with E-state index in [9.17, 15) is 25.2 Å². The van der Waals surface area contributed by atoms with E-state index in [0.29, 0.717) is 0 Å². The lowest BCUT2D eigenvalue weighted by molar-refractivity contribution is -0.293. The summed E-state index contributed by atoms with van der Waals surface area (Å²) in [5.41, 5.74) is 5.63. The Labute approximate surface area is 126 Å². The van der Waals surface area contributed by atoms with Gasteiger partial charge in [0.05, 0.1) is 31.5 Å². The molecule has 1 heterocycles. The third kappa shape index (κ3) is 4.57. The Morgan fingerprint density at radius 1 is 1.41 bits per heavy atom. The van der Waals surface area contributed by atoms with E-state index in [1.165, 1.54) is 6.92 Å². The van der Waals surface area contributed by atoms with E-state index in [1.54, 1.807) is 0 Å². The number of aliphatic hydroxyl groups excluding tert-OH is 4. The third-order valence-corrected chi connectivity index (χ3v) is 3.35. The Hall–Kier alpha value is -0.850. The van der Waals surface area contributed by atoms with E-state index < -0.39 is 54.7 Å². The second-order valence-electron chi connectivity index (χ2n) is 5.47. The van der Waals surface area contributed by atoms with Crippen molar-refractivity contribution in [3.63, 3.8) is 0 Å². The quantitative estimate of drug-likeness (QED) is 0.246. The maximum absolute atomic E-state index is 11.0. The molecule has 1 saturated heterocycles. The SMILES string of the molecule is CC(O)COCC(O)C(O)[C@@H]1OC(O)(C(=O)O)C[C@H](O)[C@H]1N. The number of carboxylic acid groups (broad SMARTS) is 1. The highest BCUT2D eigenvalue weighted by Crippen LogP contribution is 2.29. The average molecular weight is 325 g/mol. The molecule has 10 heteroatoms. The first-order chi connectivity index (χ1) is 10.1. The molecular weight excluding hydrogens is 302 g/mol. The van der Waals surface area contributed by atoms with Gasteiger partial charge >= 0.3 is 5.97 Å². The minimum atomic E-state index is -2.71. The van der Waals surface area contributed by atoms with E-state index in [0.717, 1.165) is 0 Å². The molecule has 0 aromatic rings. The van der Waals surface area contributed by atoms with E-state index in [2.05, 4.69) is 0 Å². The second kappa shape index (κ2) is 7.62. The Bertz CT molecular complexity index is 380. The summed E-state index contributed by atoms with van der Waals surface area (Å²) in [5, 5.41) is 57.2. The summed E-state index contributed by atoms with van der Waals surface area (Å²) in [6.45, 7) is 1.01. The zero-order valence-corrected chi connectivity index (χ0v) is 12.1. The van der Waals surface area contributed by atoms with Gasteiger partial charge in [0.1, 0.15) is 18.3 Å². The Morgan fingerprint density at radius 3 is 2.50 bits per heavy atom. The molecule has 0 aromatic carbocycles. The molecule has 130 valence electrons. The molecule has 0 amide bonds. The summed E-state index contributed by atoms with van der Waals surface area (Å²) in [6, 6.07) is -1.21. The highest BCUT2D eigenvalue weighted by molar-refractivity contribution is 5.75. The Kier molecular flexibility index (Phi) is 6.65. The summed E-state index contributed by atoms with van der Waals surface area (Å²) in [5.74, 6) is -4.45. The van der Waals surface area contributed by atoms with Crippen LogP contribution in [0.15, 0.2) is 0 Å². The van der Waals surface area contributed by atoms with Crippen molar-refractivity contribution in [2.75, 3.05) is 13.2 Å². The summed E-state index contributed by atoms with van der Waals surface area (Å²) in [4.78, 5) is 11.0. The van der Waals surface area contributed by atoms with E-state index in [1.807, 2.05) is 0 Å². The summed E-state index contributed by atoms with van der Waals surface area (Å²) in [7, 11) is 0. The average Bonchev–Trinajstić information content (AvgIpc) is 2.41. The fraction of sp³-hybridized carbons (Fsp3) is 0.917. The number of aliphatic hydroxyl groups is 5. The van der Waals surface area contributed by atoms with Gasteiger partial charge in [0, 0.05) is 6.42 Å². The van der Waals surface area contributed by atoms with Gasteiger partial charge in [-0.25, -0.2) is 4.79 Å². The molecule has 1 fully saturated rings. The van der Waals surface area contributed by atoms with Gasteiger partial charge in [-0.05, 0) is 6.92 Å². The largest absolute Gasteiger partial charge is 0.477 e. The van der Waals surface area contributed by atoms with Gasteiger partial charge in [-0.2, -0.15) is 0 Å². The lowest BCUT2D eigenvalue weighted by atomic mass is 9.89. The third-order valence-electron chi connectivity index (χ3n) is 3.35. The molecule has 0 spiro atoms. The molecule has 0 aromatic heterocycles. The standard InChI is InChI=1S/C12H23NO9/c1-5(14)3-21-4-7(16)9(17)10-8(13)6(15)2-12(20,22-10)11(18)19/h5-10,14-17,20H,2-4,13H2,1H3,(H,18,19)/t5?,6-,7?,8+,9?,10+,12?/m0/s1. The number of aliphatic carboxylic acids is 1. The van der Waals surface area contributed by atoms with Crippen molar-refractivity contribution in [1.29, 1.82) is 0 Å². The number of rotatable bonds is 7. The minimum Gasteiger partial charge on any atom is -0.477 e. The van der Waals surface area contributed by atoms with Gasteiger partial charge in [-0.3, -0.25) is 0 Å². The van der Waals surface area contributed by atoms with Crippen LogP contribution in [0.5, 0.6) is 0 Å². The van der Waals surface area contributed by atoms with E-state index in [4.69, 9.17) is 25.4 Å². The van der Waals surface area contributed by atoms with Crippen molar-refractivity contribution in [3.8, 4) is 0 Å². The van der Waals surface area contributed by atoms with Crippen LogP contribution in [0.3, 0.4) is 0 Å². The Morgan fingerprint density at radius 2 is 2.00 bits per heavy atom. The van der Waals surface area contributed by atoms with E-state index in [-0.39, 0.29) is 13.2 Å². The van der Waals surface area contributed by atoms with Crippen LogP contribution in [-0.2, 0) is 14.3 Å². The topological polar surface area (TPSA) is 183 Å². The molecule has 0 saturated carbocycles. The van der Waals surface area contributed by atoms with Crippen molar-refractivity contribution in [2.24, 2.45) is 5.73 Å². The van der Waals surface area contributed by atoms with Crippen molar-refractivity contribution < 1.29 is 44.9 Å². The smallest absolute Gasteiger partial charge is 0.364 e. The van der Waals surface area contributed by atoms with Gasteiger partial charge in [0.25, 0.3) is 5.79 Å². The first kappa shape index (κ1) is 19.2. The number of carbonyl (C=O) groups is 1. The highest BCUT2D eigenvalue weighted by atomic mass is 16.7. The van der Waals surface area contributed by atoms with Crippen LogP contribution in [0.4, 0.5) is 0 Å². The van der Waals surface area contributed by atoms with Crippen LogP contribution >= 0.6 is 0 Å². The molecule has 1 aliphatic rings. The molecule has 8 N–H and O–H groups in total. The lowest BCUT2D eigenvalue weighted by Gasteiger charge is -2.43. The maximum atomic E-state index is 11.0. The van der Waals surface area contributed by atoms with Crippen molar-refractivity contribution in [3.05, 3.63) is 0 Å². The fourth-order valence-electron chi connectivity index (χ4n) is 2.10. The molecule has 0 radical (unpaired) electrons. The first-order valence-corrected chi connectivity index (χ1v) is 6.77.